The summed E-state index contributed by atoms with van der Waals surface area (Å²) in [6.07, 6.45) is 0. The molecule has 0 aromatic heterocycles. The molecule has 0 N–H and O–H groups in total. The summed E-state index contributed by atoms with van der Waals surface area (Å²) in [5, 5.41) is -0.0863. The third kappa shape index (κ3) is 4.64. The number of halogens is 2. The van der Waals surface area contributed by atoms with E-state index in [-0.39, 0.29) is 49.5 Å². The number of carbonyl (C=O) groups is 2. The molecule has 3 aromatic carbocycles. The summed E-state index contributed by atoms with van der Waals surface area (Å²) in [6.45, 7) is 0. The maximum atomic E-state index is 14.8. The lowest BCUT2D eigenvalue weighted by atomic mass is 10.2. The average Bonchev–Trinajstić information content (AvgIpc) is 2.90. The number of ether oxygens (including phenoxy) is 5. The predicted molar refractivity (Wildman–Crippen MR) is 138 cm³/mol. The summed E-state index contributed by atoms with van der Waals surface area (Å²) >= 11 is 12.6. The SMILES string of the molecule is COc1cc(OC)c(C(=O)P(=O)(C(=O)c2c(OC)c(Cl)cc(Cl)c2OC)c2ccccc2)c(OC)c1. The number of benzene rings is 3. The highest BCUT2D eigenvalue weighted by atomic mass is 35.5. The number of hydrogen-bond donors (Lipinski definition) is 0. The van der Waals surface area contributed by atoms with Gasteiger partial charge < -0.3 is 28.2 Å². The fourth-order valence-corrected chi connectivity index (χ4v) is 6.59. The molecule has 1 atom stereocenters. The highest BCUT2D eigenvalue weighted by Gasteiger charge is 2.47. The van der Waals surface area contributed by atoms with Crippen molar-refractivity contribution in [1.29, 1.82) is 0 Å². The van der Waals surface area contributed by atoms with E-state index in [0.717, 1.165) is 0 Å². The molecule has 0 amide bonds. The Balaban J connectivity index is 2.42. The van der Waals surface area contributed by atoms with Crippen LogP contribution in [0, 0.1) is 0 Å². The minimum absolute atomic E-state index is 0.00297. The quantitative estimate of drug-likeness (QED) is 0.295. The van der Waals surface area contributed by atoms with Gasteiger partial charge >= 0.3 is 0 Å². The molecule has 0 saturated heterocycles. The minimum Gasteiger partial charge on any atom is -0.496 e. The Bertz CT molecular complexity index is 1300. The second-order valence-corrected chi connectivity index (χ2v) is 10.6. The van der Waals surface area contributed by atoms with Crippen LogP contribution in [0.15, 0.2) is 48.5 Å². The fourth-order valence-electron chi connectivity index (χ4n) is 3.67. The molecule has 190 valence electrons. The van der Waals surface area contributed by atoms with Crippen molar-refractivity contribution in [2.45, 2.75) is 0 Å². The fraction of sp³-hybridized carbons (Fsp3) is 0.200. The first-order valence-corrected chi connectivity index (χ1v) is 12.8. The van der Waals surface area contributed by atoms with Gasteiger partial charge in [-0.3, -0.25) is 9.59 Å². The van der Waals surface area contributed by atoms with E-state index in [4.69, 9.17) is 46.9 Å². The summed E-state index contributed by atoms with van der Waals surface area (Å²) in [7, 11) is 1.94. The largest absolute Gasteiger partial charge is 0.496 e. The zero-order chi connectivity index (χ0) is 26.6. The maximum Gasteiger partial charge on any atom is 0.249 e. The van der Waals surface area contributed by atoms with Gasteiger partial charge in [0.05, 0.1) is 45.6 Å². The lowest BCUT2D eigenvalue weighted by Crippen LogP contribution is -2.22. The first kappa shape index (κ1) is 27.4. The zero-order valence-corrected chi connectivity index (χ0v) is 22.5. The first-order chi connectivity index (χ1) is 17.2. The molecule has 0 aliphatic carbocycles. The van der Waals surface area contributed by atoms with Crippen LogP contribution in [0.2, 0.25) is 10.0 Å². The van der Waals surface area contributed by atoms with Gasteiger partial charge in [0.15, 0.2) is 11.5 Å². The summed E-state index contributed by atoms with van der Waals surface area (Å²) in [5.74, 6) is 0.0542. The van der Waals surface area contributed by atoms with E-state index in [1.54, 1.807) is 18.2 Å². The minimum atomic E-state index is -4.68. The van der Waals surface area contributed by atoms with Crippen molar-refractivity contribution in [3.63, 3.8) is 0 Å². The first-order valence-electron chi connectivity index (χ1n) is 10.3. The molecule has 0 radical (unpaired) electrons. The third-order valence-corrected chi connectivity index (χ3v) is 8.56. The van der Waals surface area contributed by atoms with Gasteiger partial charge in [0.2, 0.25) is 18.2 Å². The monoisotopic (exact) mass is 552 g/mol. The van der Waals surface area contributed by atoms with Crippen molar-refractivity contribution >= 4 is 46.7 Å². The van der Waals surface area contributed by atoms with E-state index in [1.165, 1.54) is 65.9 Å². The van der Waals surface area contributed by atoms with Gasteiger partial charge in [-0.1, -0.05) is 53.5 Å². The van der Waals surface area contributed by atoms with Crippen molar-refractivity contribution in [3.05, 3.63) is 69.7 Å². The number of rotatable bonds is 10. The van der Waals surface area contributed by atoms with Gasteiger partial charge in [0, 0.05) is 17.4 Å². The highest BCUT2D eigenvalue weighted by Crippen LogP contribution is 2.57. The predicted octanol–water partition coefficient (Wildman–Crippen LogP) is 5.71. The van der Waals surface area contributed by atoms with Crippen LogP contribution >= 0.6 is 30.3 Å². The summed E-state index contributed by atoms with van der Waals surface area (Å²) in [5.41, 5.74) is -2.65. The third-order valence-electron chi connectivity index (χ3n) is 5.38. The Morgan fingerprint density at radius 2 is 1.14 bits per heavy atom. The maximum absolute atomic E-state index is 14.8. The standard InChI is InChI=1S/C25H23Cl2O8P/c1-31-14-11-18(32-2)20(19(12-14)33-3)24(28)36(30,15-9-7-6-8-10-15)25(29)21-22(34-4)16(26)13-17(27)23(21)35-5/h6-13H,1-5H3. The molecule has 0 aliphatic heterocycles. The van der Waals surface area contributed by atoms with Crippen LogP contribution < -0.4 is 29.0 Å². The van der Waals surface area contributed by atoms with Crippen LogP contribution in [-0.4, -0.2) is 46.6 Å². The van der Waals surface area contributed by atoms with Crippen LogP contribution in [0.1, 0.15) is 20.7 Å². The lowest BCUT2D eigenvalue weighted by Gasteiger charge is -2.22. The van der Waals surface area contributed by atoms with Crippen LogP contribution in [-0.2, 0) is 4.57 Å². The Kier molecular flexibility index (Phi) is 8.56. The summed E-state index contributed by atoms with van der Waals surface area (Å²) < 4.78 is 41.5. The summed E-state index contributed by atoms with van der Waals surface area (Å²) in [6, 6.07) is 11.8. The van der Waals surface area contributed by atoms with Gasteiger partial charge in [-0.2, -0.15) is 0 Å². The number of methoxy groups -OCH3 is 5. The molecular formula is C25H23Cl2O8P. The van der Waals surface area contributed by atoms with Crippen molar-refractivity contribution in [1.82, 2.24) is 0 Å². The molecule has 0 saturated carbocycles. The second kappa shape index (κ2) is 11.2. The molecule has 1 unspecified atom stereocenters. The second-order valence-electron chi connectivity index (χ2n) is 7.24. The highest BCUT2D eigenvalue weighted by molar-refractivity contribution is 8.01. The van der Waals surface area contributed by atoms with Crippen LogP contribution in [0.25, 0.3) is 0 Å². The van der Waals surface area contributed by atoms with E-state index in [9.17, 15) is 14.2 Å². The van der Waals surface area contributed by atoms with Crippen molar-refractivity contribution in [2.75, 3.05) is 35.5 Å². The van der Waals surface area contributed by atoms with Crippen LogP contribution in [0.5, 0.6) is 28.7 Å². The lowest BCUT2D eigenvalue weighted by molar-refractivity contribution is 0.103. The van der Waals surface area contributed by atoms with Crippen molar-refractivity contribution in [3.8, 4) is 28.7 Å². The van der Waals surface area contributed by atoms with Crippen molar-refractivity contribution < 1.29 is 37.8 Å². The topological polar surface area (TPSA) is 97.4 Å². The molecule has 0 fully saturated rings. The zero-order valence-electron chi connectivity index (χ0n) is 20.1. The molecule has 11 heteroatoms. The Morgan fingerprint density at radius 1 is 0.667 bits per heavy atom. The molecule has 3 rings (SSSR count). The van der Waals surface area contributed by atoms with Crippen molar-refractivity contribution in [2.24, 2.45) is 0 Å². The molecule has 0 heterocycles. The van der Waals surface area contributed by atoms with E-state index in [1.807, 2.05) is 0 Å². The average molecular weight is 553 g/mol. The van der Waals surface area contributed by atoms with E-state index >= 15 is 0 Å². The van der Waals surface area contributed by atoms with Crippen LogP contribution in [0.3, 0.4) is 0 Å². The van der Waals surface area contributed by atoms with Crippen LogP contribution in [0.4, 0.5) is 0 Å². The van der Waals surface area contributed by atoms with E-state index < -0.39 is 18.2 Å². The molecule has 0 aliphatic rings. The smallest absolute Gasteiger partial charge is 0.249 e. The molecule has 36 heavy (non-hydrogen) atoms. The molecule has 0 spiro atoms. The van der Waals surface area contributed by atoms with Gasteiger partial charge in [0.25, 0.3) is 0 Å². The number of carbonyl (C=O) groups excluding carboxylic acids is 2. The Morgan fingerprint density at radius 3 is 1.56 bits per heavy atom. The van der Waals surface area contributed by atoms with Gasteiger partial charge in [-0.25, -0.2) is 0 Å². The summed E-state index contributed by atoms with van der Waals surface area (Å²) in [4.78, 5) is 28.4. The Labute approximate surface area is 218 Å². The normalized spacial score (nSPS) is 12.3. The Hall–Kier alpha value is -3.19. The molecule has 8 nitrogen and oxygen atoms in total. The van der Waals surface area contributed by atoms with E-state index in [2.05, 4.69) is 0 Å². The number of hydrogen-bond acceptors (Lipinski definition) is 8. The molecular weight excluding hydrogens is 530 g/mol. The molecule has 0 bridgehead atoms. The van der Waals surface area contributed by atoms with E-state index in [0.29, 0.717) is 5.75 Å². The van der Waals surface area contributed by atoms with Gasteiger partial charge in [-0.05, 0) is 6.07 Å². The van der Waals surface area contributed by atoms with Gasteiger partial charge in [-0.15, -0.1) is 0 Å². The van der Waals surface area contributed by atoms with Gasteiger partial charge in [0.1, 0.15) is 28.4 Å². The molecule has 3 aromatic rings.